The van der Waals surface area contributed by atoms with Crippen LogP contribution in [0.4, 0.5) is 10.2 Å². The maximum atomic E-state index is 14.0. The fourth-order valence-electron chi connectivity index (χ4n) is 4.14. The van der Waals surface area contributed by atoms with E-state index < -0.39 is 33.1 Å². The van der Waals surface area contributed by atoms with Gasteiger partial charge in [-0.15, -0.1) is 0 Å². The van der Waals surface area contributed by atoms with Gasteiger partial charge >= 0.3 is 5.69 Å². The average Bonchev–Trinajstić information content (AvgIpc) is 2.76. The quantitative estimate of drug-likeness (QED) is 0.490. The van der Waals surface area contributed by atoms with Crippen molar-refractivity contribution >= 4 is 15.8 Å². The lowest BCUT2D eigenvalue weighted by Crippen LogP contribution is -2.51. The molecule has 0 radical (unpaired) electrons. The second kappa shape index (κ2) is 9.30. The number of nitrogens with two attached hydrogens (primary N) is 1. The fraction of sp³-hybridized carbons (Fsp3) is 0.273. The zero-order chi connectivity index (χ0) is 23.6. The Bertz CT molecular complexity index is 1350. The molecule has 1 atom stereocenters. The number of aromatic amines is 2. The molecule has 1 aliphatic heterocycles. The SMILES string of the molecule is Nc1[nH]c(=O)[nH]c(=O)c1[C@@H](c1cccc(F)c1)N1CCN(S(=O)(=O)Cc2ccccc2)CC1. The summed E-state index contributed by atoms with van der Waals surface area (Å²) in [5.41, 5.74) is 5.82. The minimum absolute atomic E-state index is 0.0841. The molecule has 0 amide bonds. The normalized spacial score (nSPS) is 16.5. The number of halogens is 1. The van der Waals surface area contributed by atoms with Crippen LogP contribution in [0.15, 0.2) is 64.2 Å². The van der Waals surface area contributed by atoms with E-state index in [0.717, 1.165) is 0 Å². The van der Waals surface area contributed by atoms with Crippen LogP contribution in [0.2, 0.25) is 0 Å². The number of hydrogen-bond acceptors (Lipinski definition) is 6. The molecule has 4 N–H and O–H groups in total. The molecule has 2 aromatic carbocycles. The fourth-order valence-corrected chi connectivity index (χ4v) is 5.65. The first-order valence-corrected chi connectivity index (χ1v) is 12.0. The van der Waals surface area contributed by atoms with Crippen LogP contribution < -0.4 is 17.0 Å². The molecule has 9 nitrogen and oxygen atoms in total. The summed E-state index contributed by atoms with van der Waals surface area (Å²) in [6.07, 6.45) is 0. The summed E-state index contributed by atoms with van der Waals surface area (Å²) in [6, 6.07) is 13.9. The Kier molecular flexibility index (Phi) is 6.45. The number of nitrogen functional groups attached to an aromatic ring is 1. The maximum absolute atomic E-state index is 14.0. The monoisotopic (exact) mass is 473 g/mol. The first kappa shape index (κ1) is 22.9. The Labute approximate surface area is 189 Å². The Balaban J connectivity index is 1.61. The zero-order valence-electron chi connectivity index (χ0n) is 17.7. The van der Waals surface area contributed by atoms with Crippen molar-refractivity contribution in [2.45, 2.75) is 11.8 Å². The van der Waals surface area contributed by atoms with Crippen molar-refractivity contribution in [1.82, 2.24) is 19.2 Å². The van der Waals surface area contributed by atoms with E-state index >= 15 is 0 Å². The number of benzene rings is 2. The zero-order valence-corrected chi connectivity index (χ0v) is 18.5. The van der Waals surface area contributed by atoms with E-state index in [-0.39, 0.29) is 43.3 Å². The van der Waals surface area contributed by atoms with Gasteiger partial charge in [-0.1, -0.05) is 42.5 Å². The van der Waals surface area contributed by atoms with Gasteiger partial charge in [0.1, 0.15) is 11.6 Å². The third kappa shape index (κ3) is 5.05. The molecule has 1 saturated heterocycles. The molecule has 1 aliphatic rings. The summed E-state index contributed by atoms with van der Waals surface area (Å²) in [6.45, 7) is 0.963. The van der Waals surface area contributed by atoms with Crippen LogP contribution in [0.5, 0.6) is 0 Å². The van der Waals surface area contributed by atoms with E-state index in [1.807, 2.05) is 11.0 Å². The highest BCUT2D eigenvalue weighted by atomic mass is 32.2. The van der Waals surface area contributed by atoms with Gasteiger partial charge in [0.15, 0.2) is 0 Å². The summed E-state index contributed by atoms with van der Waals surface area (Å²) in [5, 5.41) is 0. The predicted molar refractivity (Wildman–Crippen MR) is 123 cm³/mol. The summed E-state index contributed by atoms with van der Waals surface area (Å²) in [4.78, 5) is 30.7. The van der Waals surface area contributed by atoms with Crippen molar-refractivity contribution in [1.29, 1.82) is 0 Å². The van der Waals surface area contributed by atoms with Crippen molar-refractivity contribution in [3.8, 4) is 0 Å². The van der Waals surface area contributed by atoms with Gasteiger partial charge in [0, 0.05) is 26.2 Å². The number of sulfonamides is 1. The number of H-pyrrole nitrogens is 2. The van der Waals surface area contributed by atoms with Crippen molar-refractivity contribution in [3.05, 3.63) is 97.9 Å². The van der Waals surface area contributed by atoms with Gasteiger partial charge in [0.05, 0.1) is 17.4 Å². The van der Waals surface area contributed by atoms with E-state index in [0.29, 0.717) is 11.1 Å². The maximum Gasteiger partial charge on any atom is 0.327 e. The number of nitrogens with one attached hydrogen (secondary N) is 2. The molecule has 33 heavy (non-hydrogen) atoms. The van der Waals surface area contributed by atoms with Crippen LogP contribution in [0.3, 0.4) is 0 Å². The van der Waals surface area contributed by atoms with Gasteiger partial charge in [-0.05, 0) is 23.3 Å². The van der Waals surface area contributed by atoms with Gasteiger partial charge in [0.2, 0.25) is 10.0 Å². The molecule has 1 aromatic heterocycles. The molecule has 3 aromatic rings. The van der Waals surface area contributed by atoms with E-state index in [1.54, 1.807) is 30.3 Å². The molecule has 0 aliphatic carbocycles. The van der Waals surface area contributed by atoms with Crippen LogP contribution in [0.25, 0.3) is 0 Å². The second-order valence-electron chi connectivity index (χ2n) is 7.87. The lowest BCUT2D eigenvalue weighted by molar-refractivity contribution is 0.155. The number of nitrogens with zero attached hydrogens (tertiary/aromatic N) is 2. The van der Waals surface area contributed by atoms with Gasteiger partial charge < -0.3 is 5.73 Å². The Hall–Kier alpha value is -3.28. The number of piperazine rings is 1. The molecule has 0 saturated carbocycles. The predicted octanol–water partition coefficient (Wildman–Crippen LogP) is 1.02. The van der Waals surface area contributed by atoms with Crippen molar-refractivity contribution < 1.29 is 12.8 Å². The van der Waals surface area contributed by atoms with Crippen molar-refractivity contribution in [2.24, 2.45) is 0 Å². The Morgan fingerprint density at radius 2 is 1.67 bits per heavy atom. The van der Waals surface area contributed by atoms with Gasteiger partial charge in [0.25, 0.3) is 5.56 Å². The molecule has 4 rings (SSSR count). The van der Waals surface area contributed by atoms with Crippen LogP contribution in [0, 0.1) is 5.82 Å². The second-order valence-corrected chi connectivity index (χ2v) is 9.84. The molecule has 2 heterocycles. The first-order chi connectivity index (χ1) is 15.7. The molecule has 174 valence electrons. The Morgan fingerprint density at radius 3 is 2.30 bits per heavy atom. The molecule has 1 fully saturated rings. The highest BCUT2D eigenvalue weighted by molar-refractivity contribution is 7.88. The topological polar surface area (TPSA) is 132 Å². The minimum atomic E-state index is -3.54. The average molecular weight is 474 g/mol. The van der Waals surface area contributed by atoms with E-state index in [4.69, 9.17) is 5.73 Å². The lowest BCUT2D eigenvalue weighted by Gasteiger charge is -2.39. The van der Waals surface area contributed by atoms with Gasteiger partial charge in [-0.25, -0.2) is 17.6 Å². The molecular formula is C22H24FN5O4S. The first-order valence-electron chi connectivity index (χ1n) is 10.4. The van der Waals surface area contributed by atoms with Crippen LogP contribution in [-0.4, -0.2) is 53.8 Å². The number of rotatable bonds is 6. The summed E-state index contributed by atoms with van der Waals surface area (Å²) < 4.78 is 41.2. The highest BCUT2D eigenvalue weighted by Gasteiger charge is 2.33. The van der Waals surface area contributed by atoms with Crippen LogP contribution in [0.1, 0.15) is 22.7 Å². The van der Waals surface area contributed by atoms with Gasteiger partial charge in [-0.3, -0.25) is 19.7 Å². The molecule has 11 heteroatoms. The highest BCUT2D eigenvalue weighted by Crippen LogP contribution is 2.30. The standard InChI is InChI=1S/C22H24FN5O4S/c23-17-8-4-7-16(13-17)19(18-20(24)25-22(30)26-21(18)29)27-9-11-28(12-10-27)33(31,32)14-15-5-2-1-3-6-15/h1-8,13,19H,9-12,14H2,(H4,24,25,26,29,30)/t19-/m1/s1. The number of hydrogen-bond donors (Lipinski definition) is 3. The van der Waals surface area contributed by atoms with Crippen LogP contribution in [-0.2, 0) is 15.8 Å². The largest absolute Gasteiger partial charge is 0.385 e. The third-order valence-corrected chi connectivity index (χ3v) is 7.52. The summed E-state index contributed by atoms with van der Waals surface area (Å²) in [7, 11) is -3.54. The minimum Gasteiger partial charge on any atom is -0.385 e. The van der Waals surface area contributed by atoms with E-state index in [1.165, 1.54) is 22.5 Å². The van der Waals surface area contributed by atoms with Crippen LogP contribution >= 0.6 is 0 Å². The van der Waals surface area contributed by atoms with E-state index in [9.17, 15) is 22.4 Å². The smallest absolute Gasteiger partial charge is 0.327 e. The number of aromatic nitrogens is 2. The summed E-state index contributed by atoms with van der Waals surface area (Å²) in [5.74, 6) is -0.702. The molecule has 0 bridgehead atoms. The lowest BCUT2D eigenvalue weighted by atomic mass is 9.97. The molecule has 0 spiro atoms. The molecule has 0 unspecified atom stereocenters. The van der Waals surface area contributed by atoms with Gasteiger partial charge in [-0.2, -0.15) is 4.31 Å². The third-order valence-electron chi connectivity index (χ3n) is 5.67. The molecular weight excluding hydrogens is 449 g/mol. The Morgan fingerprint density at radius 1 is 0.970 bits per heavy atom. The van der Waals surface area contributed by atoms with Crippen molar-refractivity contribution in [3.63, 3.8) is 0 Å². The van der Waals surface area contributed by atoms with E-state index in [2.05, 4.69) is 9.97 Å². The van der Waals surface area contributed by atoms with Crippen molar-refractivity contribution in [2.75, 3.05) is 31.9 Å². The number of anilines is 1. The summed E-state index contributed by atoms with van der Waals surface area (Å²) >= 11 is 0.